The summed E-state index contributed by atoms with van der Waals surface area (Å²) in [7, 11) is 0. The lowest BCUT2D eigenvalue weighted by Crippen LogP contribution is -2.39. The summed E-state index contributed by atoms with van der Waals surface area (Å²) in [6, 6.07) is 16.3. The molecule has 2 aromatic carbocycles. The number of benzene rings is 2. The molecule has 0 spiro atoms. The number of carbonyl (C=O) groups excluding carboxylic acids is 2. The smallest absolute Gasteiger partial charge is 0.329 e. The highest BCUT2D eigenvalue weighted by Gasteiger charge is 2.17. The number of carbonyl (C=O) groups is 2. The molecule has 6 nitrogen and oxygen atoms in total. The van der Waals surface area contributed by atoms with Gasteiger partial charge in [-0.05, 0) is 50.6 Å². The summed E-state index contributed by atoms with van der Waals surface area (Å²) in [4.78, 5) is 24.2. The Labute approximate surface area is 190 Å². The average molecular weight is 457 g/mol. The van der Waals surface area contributed by atoms with Gasteiger partial charge < -0.3 is 9.88 Å². The highest BCUT2D eigenvalue weighted by molar-refractivity contribution is 6.36. The van der Waals surface area contributed by atoms with Gasteiger partial charge in [-0.25, -0.2) is 5.43 Å². The topological polar surface area (TPSA) is 75.5 Å². The van der Waals surface area contributed by atoms with Gasteiger partial charge in [0.05, 0.1) is 23.0 Å². The van der Waals surface area contributed by atoms with Crippen LogP contribution in [0.2, 0.25) is 10.0 Å². The molecule has 1 heterocycles. The van der Waals surface area contributed by atoms with Crippen LogP contribution in [-0.4, -0.2) is 22.6 Å². The zero-order valence-electron chi connectivity index (χ0n) is 17.3. The number of nitrogens with zero attached hydrogens (tertiary/aromatic N) is 2. The monoisotopic (exact) mass is 456 g/mol. The fraction of sp³-hybridized carbons (Fsp3) is 0.174. The Kier molecular flexibility index (Phi) is 7.15. The largest absolute Gasteiger partial charge is 0.341 e. The Morgan fingerprint density at radius 3 is 2.42 bits per heavy atom. The normalized spacial score (nSPS) is 12.0. The molecule has 0 bridgehead atoms. The fourth-order valence-electron chi connectivity index (χ4n) is 3.25. The maximum Gasteiger partial charge on any atom is 0.329 e. The van der Waals surface area contributed by atoms with E-state index in [1.807, 2.05) is 60.9 Å². The summed E-state index contributed by atoms with van der Waals surface area (Å²) in [5.74, 6) is -1.60. The van der Waals surface area contributed by atoms with Crippen molar-refractivity contribution in [3.05, 3.63) is 87.2 Å². The van der Waals surface area contributed by atoms with Crippen molar-refractivity contribution >= 4 is 41.2 Å². The minimum atomic E-state index is -0.839. The molecule has 0 saturated carbocycles. The second-order valence-corrected chi connectivity index (χ2v) is 7.91. The molecule has 160 valence electrons. The molecule has 0 saturated heterocycles. The number of hydrogen-bond donors (Lipinski definition) is 2. The molecule has 0 aliphatic rings. The predicted octanol–water partition coefficient (Wildman–Crippen LogP) is 4.73. The van der Waals surface area contributed by atoms with Crippen LogP contribution in [0.25, 0.3) is 5.69 Å². The van der Waals surface area contributed by atoms with Gasteiger partial charge in [0, 0.05) is 22.0 Å². The van der Waals surface area contributed by atoms with E-state index in [0.29, 0.717) is 10.0 Å². The molecule has 31 heavy (non-hydrogen) atoms. The van der Waals surface area contributed by atoms with Crippen molar-refractivity contribution in [2.75, 3.05) is 0 Å². The Balaban J connectivity index is 1.67. The van der Waals surface area contributed by atoms with Crippen LogP contribution in [0.5, 0.6) is 0 Å². The number of hydrazone groups is 1. The van der Waals surface area contributed by atoms with Crippen LogP contribution in [0, 0.1) is 13.8 Å². The molecule has 0 unspecified atom stereocenters. The van der Waals surface area contributed by atoms with E-state index < -0.39 is 11.8 Å². The minimum absolute atomic E-state index is 0.300. The molecule has 3 aromatic rings. The number of rotatable bonds is 5. The van der Waals surface area contributed by atoms with Crippen LogP contribution in [0.3, 0.4) is 0 Å². The molecule has 0 radical (unpaired) electrons. The fourth-order valence-corrected chi connectivity index (χ4v) is 3.74. The highest BCUT2D eigenvalue weighted by Crippen LogP contribution is 2.28. The van der Waals surface area contributed by atoms with Gasteiger partial charge >= 0.3 is 11.8 Å². The summed E-state index contributed by atoms with van der Waals surface area (Å²) in [6.45, 7) is 5.65. The summed E-state index contributed by atoms with van der Waals surface area (Å²) in [6.07, 6.45) is 1.49. The standard InChI is InChI=1S/C23H22Cl2N4O2/c1-14-11-18(16(3)29(14)21-10-9-19(24)12-20(21)25)13-26-28-23(31)22(30)27-15(2)17-7-5-4-6-8-17/h4-13,15H,1-3H3,(H,27,30)(H,28,31)/b26-13-/t15-/m1/s1. The van der Waals surface area contributed by atoms with Crippen molar-refractivity contribution in [3.8, 4) is 5.69 Å². The first-order chi connectivity index (χ1) is 14.8. The molecule has 0 aliphatic heterocycles. The Bertz CT molecular complexity index is 1140. The Morgan fingerprint density at radius 2 is 1.74 bits per heavy atom. The third-order valence-electron chi connectivity index (χ3n) is 4.84. The van der Waals surface area contributed by atoms with Crippen LogP contribution in [0.1, 0.15) is 35.5 Å². The van der Waals surface area contributed by atoms with Gasteiger partial charge in [0.15, 0.2) is 0 Å². The first-order valence-corrected chi connectivity index (χ1v) is 10.4. The molecule has 0 fully saturated rings. The first kappa shape index (κ1) is 22.6. The van der Waals surface area contributed by atoms with Gasteiger partial charge in [0.25, 0.3) is 0 Å². The summed E-state index contributed by atoms with van der Waals surface area (Å²) in [5.41, 5.74) is 6.55. The average Bonchev–Trinajstić information content (AvgIpc) is 3.02. The molecule has 2 N–H and O–H groups in total. The van der Waals surface area contributed by atoms with Crippen molar-refractivity contribution in [1.82, 2.24) is 15.3 Å². The van der Waals surface area contributed by atoms with Crippen molar-refractivity contribution in [1.29, 1.82) is 0 Å². The second kappa shape index (κ2) is 9.81. The maximum atomic E-state index is 12.1. The molecule has 2 amide bonds. The number of aryl methyl sites for hydroxylation is 1. The zero-order valence-corrected chi connectivity index (χ0v) is 18.8. The van der Waals surface area contributed by atoms with Crippen LogP contribution in [-0.2, 0) is 9.59 Å². The lowest BCUT2D eigenvalue weighted by atomic mass is 10.1. The first-order valence-electron chi connectivity index (χ1n) is 9.61. The van der Waals surface area contributed by atoms with Gasteiger partial charge in [-0.1, -0.05) is 53.5 Å². The number of nitrogens with one attached hydrogen (secondary N) is 2. The Morgan fingerprint density at radius 1 is 1.03 bits per heavy atom. The molecule has 1 aromatic heterocycles. The lowest BCUT2D eigenvalue weighted by molar-refractivity contribution is -0.139. The van der Waals surface area contributed by atoms with E-state index in [9.17, 15) is 9.59 Å². The summed E-state index contributed by atoms with van der Waals surface area (Å²) < 4.78 is 1.97. The van der Waals surface area contributed by atoms with Gasteiger partial charge in [0.2, 0.25) is 0 Å². The van der Waals surface area contributed by atoms with Gasteiger partial charge in [-0.2, -0.15) is 5.10 Å². The van der Waals surface area contributed by atoms with Crippen molar-refractivity contribution in [2.24, 2.45) is 5.10 Å². The number of halogens is 2. The molecular formula is C23H22Cl2N4O2. The number of hydrogen-bond acceptors (Lipinski definition) is 3. The van der Waals surface area contributed by atoms with Gasteiger partial charge in [-0.3, -0.25) is 9.59 Å². The van der Waals surface area contributed by atoms with Crippen LogP contribution < -0.4 is 10.7 Å². The second-order valence-electron chi connectivity index (χ2n) is 7.06. The third kappa shape index (κ3) is 5.34. The minimum Gasteiger partial charge on any atom is -0.341 e. The van der Waals surface area contributed by atoms with Crippen molar-refractivity contribution in [3.63, 3.8) is 0 Å². The molecule has 1 atom stereocenters. The van der Waals surface area contributed by atoms with E-state index in [0.717, 1.165) is 28.2 Å². The molecular weight excluding hydrogens is 435 g/mol. The van der Waals surface area contributed by atoms with Gasteiger partial charge in [-0.15, -0.1) is 0 Å². The van der Waals surface area contributed by atoms with Crippen molar-refractivity contribution < 1.29 is 9.59 Å². The molecule has 0 aliphatic carbocycles. The van der Waals surface area contributed by atoms with Gasteiger partial charge in [0.1, 0.15) is 0 Å². The number of aromatic nitrogens is 1. The van der Waals surface area contributed by atoms with E-state index in [1.165, 1.54) is 6.21 Å². The maximum absolute atomic E-state index is 12.1. The van der Waals surface area contributed by atoms with E-state index in [4.69, 9.17) is 23.2 Å². The van der Waals surface area contributed by atoms with Crippen LogP contribution in [0.15, 0.2) is 59.7 Å². The van der Waals surface area contributed by atoms with E-state index in [-0.39, 0.29) is 6.04 Å². The SMILES string of the molecule is Cc1cc(/C=N\NC(=O)C(=O)N[C@H](C)c2ccccc2)c(C)n1-c1ccc(Cl)cc1Cl. The van der Waals surface area contributed by atoms with E-state index in [1.54, 1.807) is 19.1 Å². The lowest BCUT2D eigenvalue weighted by Gasteiger charge is -2.13. The zero-order chi connectivity index (χ0) is 22.5. The van der Waals surface area contributed by atoms with Crippen molar-refractivity contribution in [2.45, 2.75) is 26.8 Å². The highest BCUT2D eigenvalue weighted by atomic mass is 35.5. The predicted molar refractivity (Wildman–Crippen MR) is 124 cm³/mol. The molecule has 3 rings (SSSR count). The van der Waals surface area contributed by atoms with Crippen LogP contribution in [0.4, 0.5) is 0 Å². The summed E-state index contributed by atoms with van der Waals surface area (Å²) in [5, 5.41) is 7.66. The summed E-state index contributed by atoms with van der Waals surface area (Å²) >= 11 is 12.3. The molecule has 8 heteroatoms. The van der Waals surface area contributed by atoms with E-state index in [2.05, 4.69) is 15.8 Å². The third-order valence-corrected chi connectivity index (χ3v) is 5.38. The van der Waals surface area contributed by atoms with E-state index >= 15 is 0 Å². The quantitative estimate of drug-likeness (QED) is 0.330. The van der Waals surface area contributed by atoms with Crippen LogP contribution >= 0.6 is 23.2 Å². The number of amides is 2. The Hall–Kier alpha value is -3.09.